The normalized spacial score (nSPS) is 18.8. The zero-order valence-electron chi connectivity index (χ0n) is 13.9. The zero-order valence-corrected chi connectivity index (χ0v) is 15.4. The first-order chi connectivity index (χ1) is 11.4. The summed E-state index contributed by atoms with van der Waals surface area (Å²) in [5, 5.41) is 3.69. The quantitative estimate of drug-likeness (QED) is 0.863. The average molecular weight is 373 g/mol. The summed E-state index contributed by atoms with van der Waals surface area (Å²) in [6.07, 6.45) is 0.923. The van der Waals surface area contributed by atoms with Gasteiger partial charge in [0.1, 0.15) is 5.75 Å². The molecule has 1 fully saturated rings. The third kappa shape index (κ3) is 4.77. The number of amides is 2. The Labute approximate surface area is 152 Å². The van der Waals surface area contributed by atoms with Gasteiger partial charge in [0.05, 0.1) is 10.9 Å². The van der Waals surface area contributed by atoms with Crippen LogP contribution >= 0.6 is 23.2 Å². The second-order valence-electron chi connectivity index (χ2n) is 5.85. The number of hydrogen-bond donors (Lipinski definition) is 1. The second-order valence-corrected chi connectivity index (χ2v) is 6.70. The number of likely N-dealkylation sites (tertiary alicyclic amines) is 1. The van der Waals surface area contributed by atoms with Gasteiger partial charge in [0, 0.05) is 24.7 Å². The maximum absolute atomic E-state index is 12.6. The van der Waals surface area contributed by atoms with E-state index in [4.69, 9.17) is 27.9 Å². The van der Waals surface area contributed by atoms with Crippen molar-refractivity contribution in [2.45, 2.75) is 32.8 Å². The summed E-state index contributed by atoms with van der Waals surface area (Å²) in [5.41, 5.74) is 0. The van der Waals surface area contributed by atoms with Gasteiger partial charge < -0.3 is 15.0 Å². The molecule has 1 saturated heterocycles. The lowest BCUT2D eigenvalue weighted by molar-refractivity contribution is -0.141. The first kappa shape index (κ1) is 18.9. The average Bonchev–Trinajstić information content (AvgIpc) is 2.57. The molecule has 0 bridgehead atoms. The molecule has 0 saturated carbocycles. The van der Waals surface area contributed by atoms with Crippen LogP contribution < -0.4 is 10.1 Å². The minimum absolute atomic E-state index is 0.00400. The molecule has 1 aliphatic heterocycles. The van der Waals surface area contributed by atoms with Crippen molar-refractivity contribution in [1.82, 2.24) is 10.2 Å². The van der Waals surface area contributed by atoms with E-state index in [0.29, 0.717) is 35.4 Å². The van der Waals surface area contributed by atoms with E-state index in [-0.39, 0.29) is 17.7 Å². The van der Waals surface area contributed by atoms with E-state index in [0.717, 1.165) is 12.8 Å². The number of carbonyl (C=O) groups excluding carboxylic acids is 2. The first-order valence-electron chi connectivity index (χ1n) is 8.10. The highest BCUT2D eigenvalue weighted by molar-refractivity contribution is 6.35. The summed E-state index contributed by atoms with van der Waals surface area (Å²) in [6.45, 7) is 5.22. The number of piperidine rings is 1. The molecule has 2 unspecified atom stereocenters. The van der Waals surface area contributed by atoms with Gasteiger partial charge >= 0.3 is 0 Å². The van der Waals surface area contributed by atoms with Gasteiger partial charge in [-0.25, -0.2) is 0 Å². The maximum Gasteiger partial charge on any atom is 0.263 e. The molecule has 2 amide bonds. The van der Waals surface area contributed by atoms with Gasteiger partial charge in [-0.3, -0.25) is 9.59 Å². The van der Waals surface area contributed by atoms with E-state index in [1.165, 1.54) is 0 Å². The summed E-state index contributed by atoms with van der Waals surface area (Å²) in [4.78, 5) is 26.3. The first-order valence-corrected chi connectivity index (χ1v) is 8.86. The van der Waals surface area contributed by atoms with Crippen molar-refractivity contribution in [3.63, 3.8) is 0 Å². The van der Waals surface area contributed by atoms with Crippen LogP contribution in [0.15, 0.2) is 18.2 Å². The minimum atomic E-state index is -0.684. The Hall–Kier alpha value is -1.46. The lowest BCUT2D eigenvalue weighted by Gasteiger charge is -2.33. The van der Waals surface area contributed by atoms with E-state index in [9.17, 15) is 9.59 Å². The van der Waals surface area contributed by atoms with E-state index in [1.54, 1.807) is 30.0 Å². The Morgan fingerprint density at radius 2 is 2.17 bits per heavy atom. The number of carbonyl (C=O) groups is 2. The number of rotatable bonds is 5. The summed E-state index contributed by atoms with van der Waals surface area (Å²) in [6, 6.07) is 4.87. The van der Waals surface area contributed by atoms with Crippen LogP contribution in [0, 0.1) is 5.92 Å². The highest BCUT2D eigenvalue weighted by atomic mass is 35.5. The summed E-state index contributed by atoms with van der Waals surface area (Å²) < 4.78 is 5.68. The minimum Gasteiger partial charge on any atom is -0.479 e. The number of benzene rings is 1. The molecule has 1 aliphatic rings. The molecule has 1 heterocycles. The molecule has 1 aromatic rings. The van der Waals surface area contributed by atoms with Gasteiger partial charge in [-0.15, -0.1) is 0 Å². The molecule has 132 valence electrons. The molecular formula is C17H22Cl2N2O3. The van der Waals surface area contributed by atoms with Crippen LogP contribution in [-0.2, 0) is 9.59 Å². The third-order valence-corrected chi connectivity index (χ3v) is 4.53. The Morgan fingerprint density at radius 3 is 2.83 bits per heavy atom. The van der Waals surface area contributed by atoms with Crippen LogP contribution in [0.3, 0.4) is 0 Å². The van der Waals surface area contributed by atoms with Crippen molar-refractivity contribution < 1.29 is 14.3 Å². The van der Waals surface area contributed by atoms with Crippen LogP contribution in [0.2, 0.25) is 10.0 Å². The molecule has 24 heavy (non-hydrogen) atoms. The van der Waals surface area contributed by atoms with E-state index < -0.39 is 6.10 Å². The fraction of sp³-hybridized carbons (Fsp3) is 0.529. The third-order valence-electron chi connectivity index (χ3n) is 4.00. The molecule has 0 aliphatic carbocycles. The lowest BCUT2D eigenvalue weighted by Crippen LogP contribution is -2.49. The number of ether oxygens (including phenoxy) is 1. The standard InChI is InChI=1S/C17H22Cl2N2O3/c1-3-20-16(22)12-5-4-8-21(10-12)17(23)11(2)24-15-7-6-13(18)9-14(15)19/h6-7,9,11-12H,3-5,8,10H2,1-2H3,(H,20,22). The van der Waals surface area contributed by atoms with Crippen molar-refractivity contribution in [1.29, 1.82) is 0 Å². The predicted octanol–water partition coefficient (Wildman–Crippen LogP) is 3.14. The lowest BCUT2D eigenvalue weighted by atomic mass is 9.96. The fourth-order valence-corrected chi connectivity index (χ4v) is 3.23. The molecule has 0 radical (unpaired) electrons. The summed E-state index contributed by atoms with van der Waals surface area (Å²) in [5.74, 6) is 0.118. The van der Waals surface area contributed by atoms with Crippen LogP contribution in [0.1, 0.15) is 26.7 Å². The molecule has 2 atom stereocenters. The van der Waals surface area contributed by atoms with E-state index >= 15 is 0 Å². The Kier molecular flexibility index (Phi) is 6.75. The van der Waals surface area contributed by atoms with Crippen LogP contribution in [0.5, 0.6) is 5.75 Å². The van der Waals surface area contributed by atoms with Crippen molar-refractivity contribution in [3.05, 3.63) is 28.2 Å². The van der Waals surface area contributed by atoms with Gasteiger partial charge in [-0.1, -0.05) is 23.2 Å². The Morgan fingerprint density at radius 1 is 1.42 bits per heavy atom. The Balaban J connectivity index is 1.98. The fourth-order valence-electron chi connectivity index (χ4n) is 2.78. The summed E-state index contributed by atoms with van der Waals surface area (Å²) in [7, 11) is 0. The van der Waals surface area contributed by atoms with Gasteiger partial charge in [-0.05, 0) is 44.9 Å². The van der Waals surface area contributed by atoms with Gasteiger partial charge in [-0.2, -0.15) is 0 Å². The molecular weight excluding hydrogens is 351 g/mol. The molecule has 1 aromatic carbocycles. The topological polar surface area (TPSA) is 58.6 Å². The number of nitrogens with zero attached hydrogens (tertiary/aromatic N) is 1. The predicted molar refractivity (Wildman–Crippen MR) is 94.5 cm³/mol. The largest absolute Gasteiger partial charge is 0.479 e. The second kappa shape index (κ2) is 8.58. The van der Waals surface area contributed by atoms with Crippen molar-refractivity contribution in [3.8, 4) is 5.75 Å². The van der Waals surface area contributed by atoms with Crippen LogP contribution in [0.4, 0.5) is 0 Å². The molecule has 2 rings (SSSR count). The maximum atomic E-state index is 12.6. The number of hydrogen-bond acceptors (Lipinski definition) is 3. The zero-order chi connectivity index (χ0) is 17.7. The van der Waals surface area contributed by atoms with Gasteiger partial charge in [0.2, 0.25) is 5.91 Å². The molecule has 0 spiro atoms. The van der Waals surface area contributed by atoms with Crippen molar-refractivity contribution >= 4 is 35.0 Å². The molecule has 5 nitrogen and oxygen atoms in total. The van der Waals surface area contributed by atoms with Gasteiger partial charge in [0.15, 0.2) is 6.10 Å². The van der Waals surface area contributed by atoms with Crippen molar-refractivity contribution in [2.75, 3.05) is 19.6 Å². The Bertz CT molecular complexity index is 609. The van der Waals surface area contributed by atoms with Crippen LogP contribution in [0.25, 0.3) is 0 Å². The van der Waals surface area contributed by atoms with Gasteiger partial charge in [0.25, 0.3) is 5.91 Å². The van der Waals surface area contributed by atoms with Crippen LogP contribution in [-0.4, -0.2) is 42.5 Å². The smallest absolute Gasteiger partial charge is 0.263 e. The highest BCUT2D eigenvalue weighted by Crippen LogP contribution is 2.28. The summed E-state index contributed by atoms with van der Waals surface area (Å²) >= 11 is 11.9. The molecule has 1 N–H and O–H groups in total. The van der Waals surface area contributed by atoms with Crippen molar-refractivity contribution in [2.24, 2.45) is 5.92 Å². The number of halogens is 2. The monoisotopic (exact) mass is 372 g/mol. The molecule has 7 heteroatoms. The SMILES string of the molecule is CCNC(=O)C1CCCN(C(=O)C(C)Oc2ccc(Cl)cc2Cl)C1. The molecule has 0 aromatic heterocycles. The highest BCUT2D eigenvalue weighted by Gasteiger charge is 2.31. The van der Waals surface area contributed by atoms with E-state index in [1.807, 2.05) is 6.92 Å². The number of nitrogens with one attached hydrogen (secondary N) is 1. The van der Waals surface area contributed by atoms with E-state index in [2.05, 4.69) is 5.32 Å².